The summed E-state index contributed by atoms with van der Waals surface area (Å²) in [5, 5.41) is 9.34. The van der Waals surface area contributed by atoms with Crippen molar-refractivity contribution in [1.82, 2.24) is 0 Å². The van der Waals surface area contributed by atoms with Crippen LogP contribution in [0.1, 0.15) is 18.4 Å². The van der Waals surface area contributed by atoms with Gasteiger partial charge in [0.1, 0.15) is 0 Å². The molecule has 2 nitrogen and oxygen atoms in total. The highest BCUT2D eigenvalue weighted by atomic mass is 16.6. The average molecular weight is 192 g/mol. The Hall–Kier alpha value is -0.860. The molecule has 0 aliphatic carbocycles. The molecule has 2 heteroatoms. The van der Waals surface area contributed by atoms with Crippen LogP contribution in [0.3, 0.4) is 0 Å². The van der Waals surface area contributed by atoms with Gasteiger partial charge in [0.15, 0.2) is 6.29 Å². The summed E-state index contributed by atoms with van der Waals surface area (Å²) in [5.41, 5.74) is 1.35. The van der Waals surface area contributed by atoms with E-state index in [9.17, 15) is 5.11 Å². The van der Waals surface area contributed by atoms with Gasteiger partial charge in [0.2, 0.25) is 0 Å². The highest BCUT2D eigenvalue weighted by Crippen LogP contribution is 2.22. The van der Waals surface area contributed by atoms with Crippen LogP contribution >= 0.6 is 0 Å². The summed E-state index contributed by atoms with van der Waals surface area (Å²) in [6, 6.07) is 10.4. The summed E-state index contributed by atoms with van der Waals surface area (Å²) in [6.45, 7) is 0.693. The third-order valence-corrected chi connectivity index (χ3v) is 2.74. The number of ether oxygens (including phenoxy) is 1. The van der Waals surface area contributed by atoms with Gasteiger partial charge in [0.05, 0.1) is 0 Å². The summed E-state index contributed by atoms with van der Waals surface area (Å²) < 4.78 is 5.10. The van der Waals surface area contributed by atoms with E-state index < -0.39 is 6.29 Å². The van der Waals surface area contributed by atoms with Crippen LogP contribution in [0.15, 0.2) is 30.3 Å². The molecule has 1 aliphatic heterocycles. The predicted octanol–water partition coefficient (Wildman–Crippen LogP) is 1.97. The third kappa shape index (κ3) is 2.56. The highest BCUT2D eigenvalue weighted by Gasteiger charge is 2.20. The molecule has 2 unspecified atom stereocenters. The van der Waals surface area contributed by atoms with Crippen LogP contribution in [0.2, 0.25) is 0 Å². The van der Waals surface area contributed by atoms with Gasteiger partial charge in [0.25, 0.3) is 0 Å². The molecule has 0 bridgehead atoms. The molecule has 2 rings (SSSR count). The molecular formula is C12H16O2. The molecule has 0 amide bonds. The second kappa shape index (κ2) is 4.58. The summed E-state index contributed by atoms with van der Waals surface area (Å²) in [7, 11) is 0. The fourth-order valence-corrected chi connectivity index (χ4v) is 1.97. The van der Waals surface area contributed by atoms with E-state index in [4.69, 9.17) is 4.74 Å². The maximum absolute atomic E-state index is 9.34. The Morgan fingerprint density at radius 2 is 2.07 bits per heavy atom. The Bertz CT molecular complexity index is 271. The van der Waals surface area contributed by atoms with Gasteiger partial charge < -0.3 is 9.84 Å². The van der Waals surface area contributed by atoms with Crippen LogP contribution in [0.5, 0.6) is 0 Å². The number of hydrogen-bond donors (Lipinski definition) is 1. The second-order valence-corrected chi connectivity index (χ2v) is 3.91. The first kappa shape index (κ1) is 9.69. The van der Waals surface area contributed by atoms with Crippen molar-refractivity contribution in [1.29, 1.82) is 0 Å². The fourth-order valence-electron chi connectivity index (χ4n) is 1.97. The Balaban J connectivity index is 1.91. The first-order valence-corrected chi connectivity index (χ1v) is 5.18. The number of aliphatic hydroxyl groups excluding tert-OH is 1. The molecule has 2 atom stereocenters. The Labute approximate surface area is 84.5 Å². The van der Waals surface area contributed by atoms with Crippen LogP contribution in [0.25, 0.3) is 0 Å². The van der Waals surface area contributed by atoms with Gasteiger partial charge in [-0.25, -0.2) is 0 Å². The lowest BCUT2D eigenvalue weighted by Crippen LogP contribution is -2.26. The van der Waals surface area contributed by atoms with Gasteiger partial charge in [-0.3, -0.25) is 0 Å². The van der Waals surface area contributed by atoms with Crippen molar-refractivity contribution in [3.8, 4) is 0 Å². The van der Waals surface area contributed by atoms with Crippen molar-refractivity contribution in [2.45, 2.75) is 25.6 Å². The van der Waals surface area contributed by atoms with E-state index in [1.165, 1.54) is 5.56 Å². The van der Waals surface area contributed by atoms with Gasteiger partial charge in [-0.15, -0.1) is 0 Å². The molecule has 0 aromatic heterocycles. The van der Waals surface area contributed by atoms with Crippen LogP contribution in [0, 0.1) is 5.92 Å². The molecule has 1 aromatic carbocycles. The Morgan fingerprint density at radius 3 is 2.79 bits per heavy atom. The minimum absolute atomic E-state index is 0.544. The molecule has 1 saturated heterocycles. The molecule has 14 heavy (non-hydrogen) atoms. The lowest BCUT2D eigenvalue weighted by Gasteiger charge is -2.26. The van der Waals surface area contributed by atoms with Crippen molar-refractivity contribution >= 4 is 0 Å². The summed E-state index contributed by atoms with van der Waals surface area (Å²) in [4.78, 5) is 0. The Kier molecular flexibility index (Phi) is 3.17. The molecule has 0 saturated carbocycles. The van der Waals surface area contributed by atoms with Crippen LogP contribution in [-0.2, 0) is 11.2 Å². The molecular weight excluding hydrogens is 176 g/mol. The van der Waals surface area contributed by atoms with E-state index in [2.05, 4.69) is 24.3 Å². The molecule has 1 heterocycles. The third-order valence-electron chi connectivity index (χ3n) is 2.74. The minimum atomic E-state index is -0.544. The molecule has 1 fully saturated rings. The minimum Gasteiger partial charge on any atom is -0.368 e. The first-order valence-electron chi connectivity index (χ1n) is 5.18. The van der Waals surface area contributed by atoms with Crippen molar-refractivity contribution in [3.63, 3.8) is 0 Å². The summed E-state index contributed by atoms with van der Waals surface area (Å²) in [6.07, 6.45) is 2.35. The highest BCUT2D eigenvalue weighted by molar-refractivity contribution is 5.15. The van der Waals surface area contributed by atoms with Gasteiger partial charge in [-0.1, -0.05) is 30.3 Å². The number of aliphatic hydroxyl groups is 1. The fraction of sp³-hybridized carbons (Fsp3) is 0.500. The van der Waals surface area contributed by atoms with Crippen molar-refractivity contribution in [2.75, 3.05) is 6.61 Å². The first-order chi connectivity index (χ1) is 6.84. The van der Waals surface area contributed by atoms with E-state index in [0.717, 1.165) is 19.3 Å². The van der Waals surface area contributed by atoms with Crippen LogP contribution in [0.4, 0.5) is 0 Å². The SMILES string of the molecule is OC1CC(Cc2ccccc2)CCO1. The van der Waals surface area contributed by atoms with E-state index >= 15 is 0 Å². The molecule has 1 aliphatic rings. The van der Waals surface area contributed by atoms with Crippen molar-refractivity contribution < 1.29 is 9.84 Å². The molecule has 76 valence electrons. The molecule has 0 radical (unpaired) electrons. The van der Waals surface area contributed by atoms with Gasteiger partial charge >= 0.3 is 0 Å². The maximum Gasteiger partial charge on any atom is 0.154 e. The number of hydrogen-bond acceptors (Lipinski definition) is 2. The van der Waals surface area contributed by atoms with Crippen molar-refractivity contribution in [3.05, 3.63) is 35.9 Å². The van der Waals surface area contributed by atoms with Crippen molar-refractivity contribution in [2.24, 2.45) is 5.92 Å². The van der Waals surface area contributed by atoms with Crippen LogP contribution in [-0.4, -0.2) is 18.0 Å². The quantitative estimate of drug-likeness (QED) is 0.776. The average Bonchev–Trinajstić information content (AvgIpc) is 2.19. The number of benzene rings is 1. The zero-order valence-corrected chi connectivity index (χ0v) is 8.23. The van der Waals surface area contributed by atoms with E-state index in [-0.39, 0.29) is 0 Å². The molecule has 1 aromatic rings. The monoisotopic (exact) mass is 192 g/mol. The summed E-state index contributed by atoms with van der Waals surface area (Å²) in [5.74, 6) is 0.571. The number of rotatable bonds is 2. The normalized spacial score (nSPS) is 27.5. The summed E-state index contributed by atoms with van der Waals surface area (Å²) >= 11 is 0. The second-order valence-electron chi connectivity index (χ2n) is 3.91. The topological polar surface area (TPSA) is 29.5 Å². The van der Waals surface area contributed by atoms with Gasteiger partial charge in [-0.2, -0.15) is 0 Å². The zero-order valence-electron chi connectivity index (χ0n) is 8.23. The van der Waals surface area contributed by atoms with E-state index in [0.29, 0.717) is 12.5 Å². The predicted molar refractivity (Wildman–Crippen MR) is 54.8 cm³/mol. The maximum atomic E-state index is 9.34. The Morgan fingerprint density at radius 1 is 1.29 bits per heavy atom. The lowest BCUT2D eigenvalue weighted by atomic mass is 9.92. The van der Waals surface area contributed by atoms with Gasteiger partial charge in [0, 0.05) is 13.0 Å². The standard InChI is InChI=1S/C12H16O2/c13-12-9-11(6-7-14-12)8-10-4-2-1-3-5-10/h1-5,11-13H,6-9H2. The zero-order chi connectivity index (χ0) is 9.80. The van der Waals surface area contributed by atoms with E-state index in [1.54, 1.807) is 0 Å². The van der Waals surface area contributed by atoms with Crippen LogP contribution < -0.4 is 0 Å². The van der Waals surface area contributed by atoms with Gasteiger partial charge in [-0.05, 0) is 24.3 Å². The molecule has 1 N–H and O–H groups in total. The largest absolute Gasteiger partial charge is 0.368 e. The smallest absolute Gasteiger partial charge is 0.154 e. The molecule has 0 spiro atoms. The van der Waals surface area contributed by atoms with E-state index in [1.807, 2.05) is 6.07 Å². The lowest BCUT2D eigenvalue weighted by molar-refractivity contribution is -0.138.